The summed E-state index contributed by atoms with van der Waals surface area (Å²) in [7, 11) is 4.11. The molecule has 0 unspecified atom stereocenters. The Morgan fingerprint density at radius 2 is 1.91 bits per heavy atom. The molecule has 2 aliphatic rings. The summed E-state index contributed by atoms with van der Waals surface area (Å²) in [6.45, 7) is 2.46. The number of pyridine rings is 1. The van der Waals surface area contributed by atoms with Crippen LogP contribution in [0.2, 0.25) is 10.0 Å². The largest absolute Gasteiger partial charge is 0.355 e. The number of likely N-dealkylation sites (N-methyl/N-ethyl adjacent to an activating group) is 1. The summed E-state index contributed by atoms with van der Waals surface area (Å²) >= 11 is 12.8. The number of H-pyrrole nitrogens is 1. The predicted octanol–water partition coefficient (Wildman–Crippen LogP) is 5.05. The number of aromatic amines is 1. The van der Waals surface area contributed by atoms with E-state index in [-0.39, 0.29) is 5.91 Å². The Morgan fingerprint density at radius 1 is 1.11 bits per heavy atom. The molecule has 8 nitrogen and oxygen atoms in total. The molecule has 180 valence electrons. The van der Waals surface area contributed by atoms with Crippen molar-refractivity contribution in [2.45, 2.75) is 18.9 Å². The van der Waals surface area contributed by atoms with Crippen molar-refractivity contribution in [1.82, 2.24) is 24.6 Å². The summed E-state index contributed by atoms with van der Waals surface area (Å²) < 4.78 is 2.07. The molecule has 0 saturated carbocycles. The number of aromatic nitrogens is 4. The highest BCUT2D eigenvalue weighted by atomic mass is 35.5. The number of carbonyl (C=O) groups is 1. The van der Waals surface area contributed by atoms with Crippen molar-refractivity contribution in [3.63, 3.8) is 0 Å². The lowest BCUT2D eigenvalue weighted by Crippen LogP contribution is -2.45. The molecule has 1 N–H and O–H groups in total. The van der Waals surface area contributed by atoms with Crippen molar-refractivity contribution < 1.29 is 4.79 Å². The molecule has 4 aromatic rings. The van der Waals surface area contributed by atoms with E-state index in [1.54, 1.807) is 29.3 Å². The molecule has 0 radical (unpaired) electrons. The molecule has 10 heteroatoms. The van der Waals surface area contributed by atoms with Crippen LogP contribution in [0, 0.1) is 0 Å². The number of piperidine rings is 1. The number of para-hydroxylation sites is 1. The van der Waals surface area contributed by atoms with Gasteiger partial charge in [0.25, 0.3) is 5.91 Å². The number of carbonyl (C=O) groups excluding carboxylic acids is 1. The second-order valence-electron chi connectivity index (χ2n) is 9.38. The first-order valence-corrected chi connectivity index (χ1v) is 12.4. The molecular weight excluding hydrogens is 485 g/mol. The Hall–Kier alpha value is -3.07. The minimum atomic E-state index is -0.181. The topological polar surface area (TPSA) is 73.3 Å². The lowest BCUT2D eigenvalue weighted by molar-refractivity contribution is 0.0982. The summed E-state index contributed by atoms with van der Waals surface area (Å²) in [6, 6.07) is 7.66. The third kappa shape index (κ3) is 3.76. The average molecular weight is 510 g/mol. The zero-order valence-electron chi connectivity index (χ0n) is 19.5. The molecule has 2 aliphatic heterocycles. The number of hydrogen-bond acceptors (Lipinski definition) is 5. The minimum absolute atomic E-state index is 0.181. The number of nitrogens with zero attached hydrogens (tertiary/aromatic N) is 6. The quantitative estimate of drug-likeness (QED) is 0.418. The molecule has 35 heavy (non-hydrogen) atoms. The van der Waals surface area contributed by atoms with Gasteiger partial charge in [-0.05, 0) is 44.6 Å². The lowest BCUT2D eigenvalue weighted by Gasteiger charge is -2.36. The number of halogens is 2. The van der Waals surface area contributed by atoms with E-state index < -0.39 is 0 Å². The third-order valence-corrected chi connectivity index (χ3v) is 7.54. The molecule has 3 aromatic heterocycles. The number of fused-ring (bicyclic) bond motifs is 3. The van der Waals surface area contributed by atoms with Gasteiger partial charge in [0, 0.05) is 36.9 Å². The zero-order valence-corrected chi connectivity index (χ0v) is 21.0. The Balaban J connectivity index is 1.37. The smallest absolute Gasteiger partial charge is 0.263 e. The van der Waals surface area contributed by atoms with Crippen molar-refractivity contribution in [3.8, 4) is 11.3 Å². The maximum Gasteiger partial charge on any atom is 0.263 e. The summed E-state index contributed by atoms with van der Waals surface area (Å²) in [5.41, 5.74) is 4.51. The van der Waals surface area contributed by atoms with Gasteiger partial charge in [-0.1, -0.05) is 29.3 Å². The molecule has 1 atom stereocenters. The standard InChI is InChI=1S/C25H25Cl2N7O/c1-31-8-4-5-16(13-31)34-12-15(10-29-34)21-9-17-22-18(11-28-24(17)30-21)25(35)33(14-32(22)2)23-19(26)6-3-7-20(23)27/h3,6-7,9-12,16H,4-5,8,13-14H2,1-2H3,(H,28,30)/t16-/m0/s1. The van der Waals surface area contributed by atoms with Crippen LogP contribution in [-0.2, 0) is 0 Å². The molecule has 5 heterocycles. The summed E-state index contributed by atoms with van der Waals surface area (Å²) in [6.07, 6.45) is 7.91. The normalized spacial score (nSPS) is 19.0. The van der Waals surface area contributed by atoms with Crippen LogP contribution >= 0.6 is 23.2 Å². The Kier molecular flexibility index (Phi) is 5.47. The summed E-state index contributed by atoms with van der Waals surface area (Å²) in [5, 5.41) is 6.41. The second-order valence-corrected chi connectivity index (χ2v) is 10.2. The van der Waals surface area contributed by atoms with Gasteiger partial charge in [-0.2, -0.15) is 5.10 Å². The lowest BCUT2D eigenvalue weighted by atomic mass is 10.1. The van der Waals surface area contributed by atoms with Crippen molar-refractivity contribution in [2.75, 3.05) is 43.7 Å². The number of anilines is 2. The number of likely N-dealkylation sites (tertiary alicyclic amines) is 1. The number of hydrogen-bond donors (Lipinski definition) is 1. The number of nitrogens with one attached hydrogen (secondary N) is 1. The fourth-order valence-electron chi connectivity index (χ4n) is 5.23. The molecule has 0 bridgehead atoms. The zero-order chi connectivity index (χ0) is 24.3. The van der Waals surface area contributed by atoms with Crippen LogP contribution in [0.5, 0.6) is 0 Å². The van der Waals surface area contributed by atoms with Crippen molar-refractivity contribution >= 4 is 51.5 Å². The van der Waals surface area contributed by atoms with Crippen LogP contribution in [-0.4, -0.2) is 64.4 Å². The SMILES string of the molecule is CN1CCC[C@H](n2cc(-c3cc4c5c(cnc4[nH]3)C(=O)N(c3c(Cl)cccc3Cl)CN5C)cn2)C1. The van der Waals surface area contributed by atoms with Gasteiger partial charge in [-0.3, -0.25) is 14.4 Å². The van der Waals surface area contributed by atoms with Crippen LogP contribution in [0.3, 0.4) is 0 Å². The molecule has 0 spiro atoms. The maximum atomic E-state index is 13.5. The predicted molar refractivity (Wildman–Crippen MR) is 140 cm³/mol. The van der Waals surface area contributed by atoms with Gasteiger partial charge in [0.1, 0.15) is 5.65 Å². The van der Waals surface area contributed by atoms with Crippen LogP contribution < -0.4 is 9.80 Å². The molecule has 1 amide bonds. The Bertz CT molecular complexity index is 1420. The van der Waals surface area contributed by atoms with E-state index in [0.29, 0.717) is 34.0 Å². The summed E-state index contributed by atoms with van der Waals surface area (Å²) in [4.78, 5) is 27.5. The van der Waals surface area contributed by atoms with E-state index in [2.05, 4.69) is 44.0 Å². The molecule has 0 aliphatic carbocycles. The summed E-state index contributed by atoms with van der Waals surface area (Å²) in [5.74, 6) is -0.181. The van der Waals surface area contributed by atoms with Crippen LogP contribution in [0.15, 0.2) is 42.9 Å². The maximum absolute atomic E-state index is 13.5. The Labute approximate surface area is 213 Å². The van der Waals surface area contributed by atoms with Crippen LogP contribution in [0.4, 0.5) is 11.4 Å². The molecule has 6 rings (SSSR count). The third-order valence-electron chi connectivity index (χ3n) is 6.93. The average Bonchev–Trinajstić information content (AvgIpc) is 3.49. The van der Waals surface area contributed by atoms with E-state index in [1.807, 2.05) is 18.1 Å². The van der Waals surface area contributed by atoms with Crippen LogP contribution in [0.1, 0.15) is 29.2 Å². The molecule has 1 saturated heterocycles. The van der Waals surface area contributed by atoms with Crippen molar-refractivity contribution in [2.24, 2.45) is 0 Å². The first kappa shape index (κ1) is 22.4. The van der Waals surface area contributed by atoms with Crippen molar-refractivity contribution in [1.29, 1.82) is 0 Å². The molecular formula is C25H25Cl2N7O. The minimum Gasteiger partial charge on any atom is -0.355 e. The fraction of sp³-hybridized carbons (Fsp3) is 0.320. The highest BCUT2D eigenvalue weighted by molar-refractivity contribution is 6.40. The first-order chi connectivity index (χ1) is 16.9. The number of amides is 1. The number of rotatable bonds is 3. The molecule has 1 aromatic carbocycles. The van der Waals surface area contributed by atoms with E-state index in [0.717, 1.165) is 47.5 Å². The van der Waals surface area contributed by atoms with Gasteiger partial charge >= 0.3 is 0 Å². The first-order valence-electron chi connectivity index (χ1n) is 11.6. The second kappa shape index (κ2) is 8.55. The van der Waals surface area contributed by atoms with E-state index in [9.17, 15) is 4.79 Å². The van der Waals surface area contributed by atoms with E-state index in [4.69, 9.17) is 23.2 Å². The fourth-order valence-corrected chi connectivity index (χ4v) is 5.83. The van der Waals surface area contributed by atoms with Gasteiger partial charge in [-0.25, -0.2) is 4.98 Å². The molecule has 1 fully saturated rings. The van der Waals surface area contributed by atoms with Gasteiger partial charge < -0.3 is 14.8 Å². The van der Waals surface area contributed by atoms with E-state index >= 15 is 0 Å². The highest BCUT2D eigenvalue weighted by Crippen LogP contribution is 2.40. The number of benzene rings is 1. The van der Waals surface area contributed by atoms with Gasteiger partial charge in [0.05, 0.1) is 51.6 Å². The van der Waals surface area contributed by atoms with E-state index in [1.165, 1.54) is 6.42 Å². The monoisotopic (exact) mass is 509 g/mol. The highest BCUT2D eigenvalue weighted by Gasteiger charge is 2.33. The van der Waals surface area contributed by atoms with Gasteiger partial charge in [0.15, 0.2) is 0 Å². The van der Waals surface area contributed by atoms with Crippen LogP contribution in [0.25, 0.3) is 22.3 Å². The van der Waals surface area contributed by atoms with Gasteiger partial charge in [0.2, 0.25) is 0 Å². The Morgan fingerprint density at radius 3 is 2.69 bits per heavy atom. The van der Waals surface area contributed by atoms with Crippen molar-refractivity contribution in [3.05, 3.63) is 58.5 Å². The van der Waals surface area contributed by atoms with Gasteiger partial charge in [-0.15, -0.1) is 0 Å².